The van der Waals surface area contributed by atoms with Gasteiger partial charge < -0.3 is 14.2 Å². The number of ether oxygens (including phenoxy) is 3. The third kappa shape index (κ3) is 2.51. The van der Waals surface area contributed by atoms with Gasteiger partial charge in [0.25, 0.3) is 0 Å². The second-order valence-electron chi connectivity index (χ2n) is 9.44. The third-order valence-electron chi connectivity index (χ3n) is 7.54. The molecule has 3 aromatic rings. The lowest BCUT2D eigenvalue weighted by Gasteiger charge is -2.27. The van der Waals surface area contributed by atoms with Crippen LogP contribution in [-0.2, 0) is 14.3 Å². The van der Waals surface area contributed by atoms with E-state index in [2.05, 4.69) is 0 Å². The first-order chi connectivity index (χ1) is 17.4. The molecule has 3 aromatic carbocycles. The molecule has 1 aliphatic carbocycles. The van der Waals surface area contributed by atoms with Gasteiger partial charge >= 0.3 is 0 Å². The van der Waals surface area contributed by atoms with Gasteiger partial charge in [0.15, 0.2) is 11.5 Å². The number of rotatable bonds is 2. The molecule has 3 heterocycles. The van der Waals surface area contributed by atoms with E-state index in [9.17, 15) is 19.2 Å². The van der Waals surface area contributed by atoms with Crippen molar-refractivity contribution < 1.29 is 33.4 Å². The molecule has 2 saturated heterocycles. The van der Waals surface area contributed by atoms with Crippen LogP contribution in [-0.4, -0.2) is 35.8 Å². The molecule has 7 rings (SSSR count). The van der Waals surface area contributed by atoms with E-state index in [4.69, 9.17) is 14.2 Å². The Balaban J connectivity index is 1.40. The molecule has 0 aromatic heterocycles. The number of aryl methyl sites for hydroxylation is 1. The first-order valence-electron chi connectivity index (χ1n) is 11.6. The van der Waals surface area contributed by atoms with Crippen LogP contribution in [0.1, 0.15) is 37.9 Å². The highest BCUT2D eigenvalue weighted by Crippen LogP contribution is 2.58. The zero-order valence-corrected chi connectivity index (χ0v) is 19.1. The number of benzene rings is 3. The molecule has 1 spiro atoms. The summed E-state index contributed by atoms with van der Waals surface area (Å²) in [6.07, 6.45) is -0.951. The second kappa shape index (κ2) is 7.11. The van der Waals surface area contributed by atoms with Gasteiger partial charge in [-0.3, -0.25) is 19.2 Å². The van der Waals surface area contributed by atoms with Gasteiger partial charge in [-0.05, 0) is 24.6 Å². The summed E-state index contributed by atoms with van der Waals surface area (Å²) >= 11 is 0. The van der Waals surface area contributed by atoms with Crippen molar-refractivity contribution in [2.45, 2.75) is 18.6 Å². The molecule has 0 bridgehead atoms. The number of carbonyl (C=O) groups excluding carboxylic acids is 4. The van der Waals surface area contributed by atoms with E-state index in [-0.39, 0.29) is 23.6 Å². The fourth-order valence-corrected chi connectivity index (χ4v) is 5.85. The Kier molecular flexibility index (Phi) is 4.15. The lowest BCUT2D eigenvalue weighted by molar-refractivity contribution is -0.127. The van der Waals surface area contributed by atoms with Crippen LogP contribution in [0, 0.1) is 18.8 Å². The Morgan fingerprint density at radius 3 is 2.17 bits per heavy atom. The van der Waals surface area contributed by atoms with Crippen LogP contribution in [0.3, 0.4) is 0 Å². The maximum absolute atomic E-state index is 14.0. The summed E-state index contributed by atoms with van der Waals surface area (Å²) < 4.78 is 17.1. The van der Waals surface area contributed by atoms with Gasteiger partial charge in [0.1, 0.15) is 0 Å². The molecule has 0 radical (unpaired) electrons. The third-order valence-corrected chi connectivity index (χ3v) is 7.54. The van der Waals surface area contributed by atoms with Gasteiger partial charge in [-0.2, -0.15) is 0 Å². The summed E-state index contributed by atoms with van der Waals surface area (Å²) in [4.78, 5) is 56.5. The Hall–Kier alpha value is -4.30. The molecular weight excluding hydrogens is 462 g/mol. The minimum absolute atomic E-state index is 0.0413. The number of carbonyl (C=O) groups is 4. The minimum atomic E-state index is -2.10. The first kappa shape index (κ1) is 21.0. The van der Waals surface area contributed by atoms with E-state index >= 15 is 0 Å². The topological polar surface area (TPSA) is 99.2 Å². The van der Waals surface area contributed by atoms with E-state index in [0.717, 1.165) is 10.5 Å². The van der Waals surface area contributed by atoms with Crippen LogP contribution in [0.2, 0.25) is 0 Å². The predicted octanol–water partition coefficient (Wildman–Crippen LogP) is 3.42. The van der Waals surface area contributed by atoms with E-state index in [1.165, 1.54) is 0 Å². The molecule has 1 unspecified atom stereocenters. The molecule has 2 fully saturated rings. The molecule has 0 N–H and O–H groups in total. The van der Waals surface area contributed by atoms with Crippen molar-refractivity contribution in [3.8, 4) is 11.5 Å². The average Bonchev–Trinajstić information content (AvgIpc) is 3.61. The number of imide groups is 1. The zero-order valence-electron chi connectivity index (χ0n) is 19.1. The predicted molar refractivity (Wildman–Crippen MR) is 125 cm³/mol. The monoisotopic (exact) mass is 481 g/mol. The molecule has 178 valence electrons. The lowest BCUT2D eigenvalue weighted by Crippen LogP contribution is -2.51. The highest BCUT2D eigenvalue weighted by Gasteiger charge is 2.74. The van der Waals surface area contributed by atoms with Crippen molar-refractivity contribution in [2.75, 3.05) is 11.7 Å². The number of hydrogen-bond acceptors (Lipinski definition) is 7. The van der Waals surface area contributed by atoms with Gasteiger partial charge in [-0.15, -0.1) is 0 Å². The molecule has 3 atom stereocenters. The largest absolute Gasteiger partial charge is 0.454 e. The summed E-state index contributed by atoms with van der Waals surface area (Å²) in [6.45, 7) is 1.97. The maximum atomic E-state index is 14.0. The Bertz CT molecular complexity index is 1470. The van der Waals surface area contributed by atoms with Crippen molar-refractivity contribution in [1.82, 2.24) is 0 Å². The normalized spacial score (nSPS) is 25.1. The first-order valence-corrected chi connectivity index (χ1v) is 11.6. The summed E-state index contributed by atoms with van der Waals surface area (Å²) in [5.74, 6) is -3.76. The van der Waals surface area contributed by atoms with Gasteiger partial charge in [0.05, 0.1) is 23.6 Å². The molecule has 8 heteroatoms. The standard InChI is InChI=1S/C28H19NO7/c1-14-6-8-15(9-7-14)23-21-22(28(36-23)24(30)17-4-2-3-5-18(17)25(28)31)27(33)29(26(21)32)16-10-11-19-20(12-16)35-13-34-19/h2-12,21-23H,13H2,1H3/t21-,22-,23?/m0/s1. The number of nitrogens with zero attached hydrogens (tertiary/aromatic N) is 1. The molecule has 2 amide bonds. The molecule has 36 heavy (non-hydrogen) atoms. The fraction of sp³-hybridized carbons (Fsp3) is 0.214. The van der Waals surface area contributed by atoms with Crippen molar-refractivity contribution >= 4 is 29.1 Å². The Morgan fingerprint density at radius 1 is 0.806 bits per heavy atom. The second-order valence-corrected chi connectivity index (χ2v) is 9.44. The summed E-state index contributed by atoms with van der Waals surface area (Å²) in [7, 11) is 0. The molecule has 3 aliphatic heterocycles. The van der Waals surface area contributed by atoms with Crippen LogP contribution in [0.15, 0.2) is 66.7 Å². The van der Waals surface area contributed by atoms with Crippen molar-refractivity contribution in [3.63, 3.8) is 0 Å². The number of fused-ring (bicyclic) bond motifs is 4. The van der Waals surface area contributed by atoms with Crippen LogP contribution >= 0.6 is 0 Å². The van der Waals surface area contributed by atoms with Crippen LogP contribution in [0.5, 0.6) is 11.5 Å². The maximum Gasteiger partial charge on any atom is 0.241 e. The Labute approximate surface area is 205 Å². The molecular formula is C28H19NO7. The SMILES string of the molecule is Cc1ccc(C2OC3(C(=O)c4ccccc4C3=O)[C@@H]3C(=O)N(c4ccc5c(c4)OCO5)C(=O)[C@H]23)cc1. The van der Waals surface area contributed by atoms with Gasteiger partial charge in [-0.1, -0.05) is 54.1 Å². The molecule has 8 nitrogen and oxygen atoms in total. The summed E-state index contributed by atoms with van der Waals surface area (Å²) in [5, 5.41) is 0. The minimum Gasteiger partial charge on any atom is -0.454 e. The highest BCUT2D eigenvalue weighted by molar-refractivity contribution is 6.37. The van der Waals surface area contributed by atoms with Gasteiger partial charge in [-0.25, -0.2) is 4.90 Å². The lowest BCUT2D eigenvalue weighted by atomic mass is 9.77. The van der Waals surface area contributed by atoms with Gasteiger partial charge in [0, 0.05) is 17.2 Å². The molecule has 4 aliphatic rings. The van der Waals surface area contributed by atoms with Crippen molar-refractivity contribution in [2.24, 2.45) is 11.8 Å². The number of Topliss-reactive ketones (excluding diaryl/α,β-unsaturated/α-hetero) is 2. The van der Waals surface area contributed by atoms with Crippen LogP contribution < -0.4 is 14.4 Å². The smallest absolute Gasteiger partial charge is 0.241 e. The number of ketones is 2. The summed E-state index contributed by atoms with van der Waals surface area (Å²) in [6, 6.07) is 18.5. The van der Waals surface area contributed by atoms with E-state index in [0.29, 0.717) is 17.1 Å². The highest BCUT2D eigenvalue weighted by atomic mass is 16.7. The number of amides is 2. The van der Waals surface area contributed by atoms with E-state index in [1.54, 1.807) is 54.6 Å². The van der Waals surface area contributed by atoms with Crippen molar-refractivity contribution in [3.05, 3.63) is 89.0 Å². The average molecular weight is 481 g/mol. The van der Waals surface area contributed by atoms with Crippen molar-refractivity contribution in [1.29, 1.82) is 0 Å². The summed E-state index contributed by atoms with van der Waals surface area (Å²) in [5.41, 5.74) is 0.218. The number of anilines is 1. The van der Waals surface area contributed by atoms with Gasteiger partial charge in [0.2, 0.25) is 35.8 Å². The quantitative estimate of drug-likeness (QED) is 0.409. The van der Waals surface area contributed by atoms with Crippen LogP contribution in [0.25, 0.3) is 0 Å². The van der Waals surface area contributed by atoms with Crippen LogP contribution in [0.4, 0.5) is 5.69 Å². The fourth-order valence-electron chi connectivity index (χ4n) is 5.85. The number of hydrogen-bond donors (Lipinski definition) is 0. The van der Waals surface area contributed by atoms with E-state index in [1.807, 2.05) is 19.1 Å². The zero-order chi connectivity index (χ0) is 24.8. The Morgan fingerprint density at radius 2 is 1.47 bits per heavy atom. The van der Waals surface area contributed by atoms with E-state index < -0.39 is 46.9 Å². The molecule has 0 saturated carbocycles.